The van der Waals surface area contributed by atoms with Gasteiger partial charge in [-0.15, -0.1) is 0 Å². The number of hydrogen-bond donors (Lipinski definition) is 1. The molecule has 12 heavy (non-hydrogen) atoms. The molecule has 2 N–H and O–H groups in total. The molecule has 0 rings (SSSR count). The second-order valence-corrected chi connectivity index (χ2v) is 3.27. The third kappa shape index (κ3) is 5.13. The van der Waals surface area contributed by atoms with Crippen molar-refractivity contribution < 1.29 is 9.53 Å². The van der Waals surface area contributed by atoms with Crippen LogP contribution in [0.15, 0.2) is 0 Å². The Hall–Kier alpha value is -0.570. The van der Waals surface area contributed by atoms with Gasteiger partial charge in [0.1, 0.15) is 6.10 Å². The first-order valence-electron chi connectivity index (χ1n) is 4.48. The smallest absolute Gasteiger partial charge is 0.246 e. The summed E-state index contributed by atoms with van der Waals surface area (Å²) >= 11 is 0. The van der Waals surface area contributed by atoms with Crippen molar-refractivity contribution >= 4 is 5.91 Å². The van der Waals surface area contributed by atoms with Crippen LogP contribution in [0.5, 0.6) is 0 Å². The Kier molecular flexibility index (Phi) is 5.72. The van der Waals surface area contributed by atoms with Crippen LogP contribution in [0, 0.1) is 5.92 Å². The molecule has 0 saturated carbocycles. The monoisotopic (exact) mass is 173 g/mol. The summed E-state index contributed by atoms with van der Waals surface area (Å²) in [6.07, 6.45) is 1.82. The molecule has 0 heterocycles. The zero-order chi connectivity index (χ0) is 9.56. The number of carbonyl (C=O) groups excluding carboxylic acids is 1. The minimum Gasteiger partial charge on any atom is -0.368 e. The molecule has 0 bridgehead atoms. The summed E-state index contributed by atoms with van der Waals surface area (Å²) in [5.41, 5.74) is 5.03. The maximum absolute atomic E-state index is 10.6. The van der Waals surface area contributed by atoms with Gasteiger partial charge in [0.15, 0.2) is 0 Å². The molecule has 0 aliphatic heterocycles. The van der Waals surface area contributed by atoms with Gasteiger partial charge in [0, 0.05) is 0 Å². The van der Waals surface area contributed by atoms with E-state index in [1.807, 2.05) is 0 Å². The van der Waals surface area contributed by atoms with E-state index in [2.05, 4.69) is 13.8 Å². The van der Waals surface area contributed by atoms with Crippen molar-refractivity contribution in [2.45, 2.75) is 39.7 Å². The lowest BCUT2D eigenvalue weighted by Gasteiger charge is -2.13. The molecule has 3 nitrogen and oxygen atoms in total. The van der Waals surface area contributed by atoms with Crippen molar-refractivity contribution in [3.05, 3.63) is 0 Å². The summed E-state index contributed by atoms with van der Waals surface area (Å²) in [6.45, 7) is 6.55. The van der Waals surface area contributed by atoms with Gasteiger partial charge in [0.05, 0.1) is 6.61 Å². The van der Waals surface area contributed by atoms with Crippen LogP contribution in [0.4, 0.5) is 0 Å². The van der Waals surface area contributed by atoms with Crippen LogP contribution in [0.25, 0.3) is 0 Å². The highest BCUT2D eigenvalue weighted by molar-refractivity contribution is 5.78. The lowest BCUT2D eigenvalue weighted by Crippen LogP contribution is -2.29. The van der Waals surface area contributed by atoms with E-state index < -0.39 is 12.0 Å². The quantitative estimate of drug-likeness (QED) is 0.658. The molecule has 0 aliphatic rings. The number of carbonyl (C=O) groups is 1. The Labute approximate surface area is 74.3 Å². The third-order valence-corrected chi connectivity index (χ3v) is 1.81. The van der Waals surface area contributed by atoms with E-state index in [0.29, 0.717) is 12.5 Å². The van der Waals surface area contributed by atoms with Crippen LogP contribution in [-0.4, -0.2) is 18.6 Å². The summed E-state index contributed by atoms with van der Waals surface area (Å²) in [4.78, 5) is 10.6. The molecule has 72 valence electrons. The molecule has 3 heteroatoms. The minimum atomic E-state index is -0.454. The highest BCUT2D eigenvalue weighted by Gasteiger charge is 2.10. The highest BCUT2D eigenvalue weighted by atomic mass is 16.5. The van der Waals surface area contributed by atoms with E-state index in [9.17, 15) is 4.79 Å². The number of rotatable bonds is 6. The van der Waals surface area contributed by atoms with Crippen LogP contribution in [-0.2, 0) is 9.53 Å². The maximum atomic E-state index is 10.6. The van der Waals surface area contributed by atoms with E-state index in [1.165, 1.54) is 0 Å². The van der Waals surface area contributed by atoms with Gasteiger partial charge in [-0.05, 0) is 19.3 Å². The lowest BCUT2D eigenvalue weighted by atomic mass is 10.1. The third-order valence-electron chi connectivity index (χ3n) is 1.81. The van der Waals surface area contributed by atoms with Gasteiger partial charge in [-0.1, -0.05) is 20.3 Å². The minimum absolute atomic E-state index is 0.390. The van der Waals surface area contributed by atoms with Gasteiger partial charge in [-0.2, -0.15) is 0 Å². The van der Waals surface area contributed by atoms with Gasteiger partial charge in [-0.3, -0.25) is 4.79 Å². The summed E-state index contributed by atoms with van der Waals surface area (Å²) in [5.74, 6) is 0.121. The van der Waals surface area contributed by atoms with Gasteiger partial charge in [0.2, 0.25) is 5.91 Å². The van der Waals surface area contributed by atoms with Gasteiger partial charge in [-0.25, -0.2) is 0 Å². The largest absolute Gasteiger partial charge is 0.368 e. The Bertz CT molecular complexity index is 136. The molecule has 0 aliphatic carbocycles. The SMILES string of the molecule is CCCC(C)COC(C)C(N)=O. The first kappa shape index (κ1) is 11.4. The maximum Gasteiger partial charge on any atom is 0.246 e. The molecule has 0 radical (unpaired) electrons. The normalized spacial score (nSPS) is 15.6. The summed E-state index contributed by atoms with van der Waals surface area (Å²) in [7, 11) is 0. The molecule has 0 aromatic rings. The van der Waals surface area contributed by atoms with E-state index in [1.54, 1.807) is 6.92 Å². The van der Waals surface area contributed by atoms with Crippen LogP contribution in [0.3, 0.4) is 0 Å². The number of amides is 1. The summed E-state index contributed by atoms with van der Waals surface area (Å²) in [5, 5.41) is 0. The molecule has 1 amide bonds. The van der Waals surface area contributed by atoms with Gasteiger partial charge < -0.3 is 10.5 Å². The second-order valence-electron chi connectivity index (χ2n) is 3.27. The summed E-state index contributed by atoms with van der Waals surface area (Å²) < 4.78 is 5.24. The molecule has 0 aromatic carbocycles. The Morgan fingerprint density at radius 2 is 2.08 bits per heavy atom. The fourth-order valence-electron chi connectivity index (χ4n) is 0.967. The van der Waals surface area contributed by atoms with Gasteiger partial charge >= 0.3 is 0 Å². The fourth-order valence-corrected chi connectivity index (χ4v) is 0.967. The molecule has 0 aromatic heterocycles. The zero-order valence-electron chi connectivity index (χ0n) is 8.17. The number of primary amides is 1. The number of ether oxygens (including phenoxy) is 1. The number of nitrogens with two attached hydrogens (primary N) is 1. The van der Waals surface area contributed by atoms with Crippen LogP contribution in [0.2, 0.25) is 0 Å². The van der Waals surface area contributed by atoms with E-state index in [4.69, 9.17) is 10.5 Å². The molecule has 2 atom stereocenters. The molecular formula is C9H19NO2. The second kappa shape index (κ2) is 6.00. The average molecular weight is 173 g/mol. The van der Waals surface area contributed by atoms with Crippen molar-refractivity contribution in [2.24, 2.45) is 11.7 Å². The zero-order valence-corrected chi connectivity index (χ0v) is 8.17. The topological polar surface area (TPSA) is 52.3 Å². The first-order valence-corrected chi connectivity index (χ1v) is 4.48. The lowest BCUT2D eigenvalue weighted by molar-refractivity contribution is -0.129. The van der Waals surface area contributed by atoms with Crippen molar-refractivity contribution in [3.63, 3.8) is 0 Å². The number of hydrogen-bond acceptors (Lipinski definition) is 2. The summed E-state index contributed by atoms with van der Waals surface area (Å²) in [6, 6.07) is 0. The Balaban J connectivity index is 3.46. The van der Waals surface area contributed by atoms with E-state index in [-0.39, 0.29) is 0 Å². The van der Waals surface area contributed by atoms with Crippen LogP contribution >= 0.6 is 0 Å². The highest BCUT2D eigenvalue weighted by Crippen LogP contribution is 2.06. The standard InChI is InChI=1S/C9H19NO2/c1-4-5-7(2)6-12-8(3)9(10)11/h7-8H,4-6H2,1-3H3,(H2,10,11). The van der Waals surface area contributed by atoms with Crippen LogP contribution in [0.1, 0.15) is 33.6 Å². The molecule has 2 unspecified atom stereocenters. The van der Waals surface area contributed by atoms with E-state index >= 15 is 0 Å². The Morgan fingerprint density at radius 1 is 1.50 bits per heavy atom. The van der Waals surface area contributed by atoms with E-state index in [0.717, 1.165) is 12.8 Å². The van der Waals surface area contributed by atoms with Crippen LogP contribution < -0.4 is 5.73 Å². The fraction of sp³-hybridized carbons (Fsp3) is 0.889. The predicted molar refractivity (Wildman–Crippen MR) is 48.7 cm³/mol. The van der Waals surface area contributed by atoms with Crippen molar-refractivity contribution in [2.75, 3.05) is 6.61 Å². The molecule has 0 fully saturated rings. The van der Waals surface area contributed by atoms with Crippen molar-refractivity contribution in [1.82, 2.24) is 0 Å². The van der Waals surface area contributed by atoms with Crippen molar-refractivity contribution in [1.29, 1.82) is 0 Å². The first-order chi connectivity index (χ1) is 5.57. The van der Waals surface area contributed by atoms with Gasteiger partial charge in [0.25, 0.3) is 0 Å². The van der Waals surface area contributed by atoms with Crippen molar-refractivity contribution in [3.8, 4) is 0 Å². The molecule has 0 spiro atoms. The molecular weight excluding hydrogens is 154 g/mol. The Morgan fingerprint density at radius 3 is 2.50 bits per heavy atom. The predicted octanol–water partition coefficient (Wildman–Crippen LogP) is 1.31. The molecule has 0 saturated heterocycles. The average Bonchev–Trinajstić information content (AvgIpc) is 2.00.